The Morgan fingerprint density at radius 1 is 1.24 bits per heavy atom. The van der Waals surface area contributed by atoms with E-state index in [1.54, 1.807) is 14.2 Å². The molecule has 4 nitrogen and oxygen atoms in total. The molecule has 0 unspecified atom stereocenters. The molecule has 0 radical (unpaired) electrons. The Morgan fingerprint density at radius 3 is 2.29 bits per heavy atom. The van der Waals surface area contributed by atoms with Gasteiger partial charge in [0.15, 0.2) is 0 Å². The van der Waals surface area contributed by atoms with Crippen LogP contribution in [0.25, 0.3) is 0 Å². The van der Waals surface area contributed by atoms with Gasteiger partial charge in [-0.15, -0.1) is 0 Å². The van der Waals surface area contributed by atoms with Crippen molar-refractivity contribution >= 4 is 0 Å². The van der Waals surface area contributed by atoms with E-state index in [9.17, 15) is 0 Å². The topological polar surface area (TPSA) is 33.7 Å². The minimum absolute atomic E-state index is 0.748. The van der Waals surface area contributed by atoms with Crippen molar-refractivity contribution in [2.75, 3.05) is 53.6 Å². The molecular formula is C13H26N2O2. The van der Waals surface area contributed by atoms with Gasteiger partial charge in [0.2, 0.25) is 0 Å². The summed E-state index contributed by atoms with van der Waals surface area (Å²) in [5.41, 5.74) is 1.24. The van der Waals surface area contributed by atoms with Gasteiger partial charge in [-0.2, -0.15) is 0 Å². The maximum Gasteiger partial charge on any atom is 0.0589 e. The maximum atomic E-state index is 5.11. The average molecular weight is 242 g/mol. The zero-order valence-electron chi connectivity index (χ0n) is 11.2. The molecule has 0 aromatic rings. The molecule has 0 aromatic carbocycles. The highest BCUT2D eigenvalue weighted by Gasteiger charge is 2.20. The average Bonchev–Trinajstić information content (AvgIpc) is 3.14. The Kier molecular flexibility index (Phi) is 7.44. The van der Waals surface area contributed by atoms with Crippen LogP contribution in [0.5, 0.6) is 0 Å². The first kappa shape index (κ1) is 14.6. The predicted octanol–water partition coefficient (Wildman–Crippen LogP) is 0.889. The first-order valence-electron chi connectivity index (χ1n) is 6.36. The van der Waals surface area contributed by atoms with Crippen molar-refractivity contribution in [2.24, 2.45) is 0 Å². The van der Waals surface area contributed by atoms with Gasteiger partial charge in [-0.05, 0) is 18.4 Å². The summed E-state index contributed by atoms with van der Waals surface area (Å²) in [4.78, 5) is 2.32. The molecule has 0 bridgehead atoms. The smallest absolute Gasteiger partial charge is 0.0589 e. The summed E-state index contributed by atoms with van der Waals surface area (Å²) in [5, 5.41) is 3.49. The molecule has 1 aliphatic rings. The van der Waals surface area contributed by atoms with E-state index in [0.29, 0.717) is 0 Å². The van der Waals surface area contributed by atoms with E-state index in [-0.39, 0.29) is 0 Å². The van der Waals surface area contributed by atoms with E-state index < -0.39 is 0 Å². The zero-order chi connectivity index (χ0) is 12.5. The molecule has 1 fully saturated rings. The van der Waals surface area contributed by atoms with Crippen LogP contribution in [0.2, 0.25) is 0 Å². The minimum atomic E-state index is 0.748. The molecular weight excluding hydrogens is 216 g/mol. The lowest BCUT2D eigenvalue weighted by molar-refractivity contribution is 0.119. The highest BCUT2D eigenvalue weighted by atomic mass is 16.5. The Bertz CT molecular complexity index is 209. The van der Waals surface area contributed by atoms with Crippen molar-refractivity contribution in [1.29, 1.82) is 0 Å². The molecule has 0 atom stereocenters. The fourth-order valence-electron chi connectivity index (χ4n) is 1.66. The third-order valence-electron chi connectivity index (χ3n) is 2.89. The van der Waals surface area contributed by atoms with Gasteiger partial charge in [-0.3, -0.25) is 4.90 Å². The quantitative estimate of drug-likeness (QED) is 0.546. The summed E-state index contributed by atoms with van der Waals surface area (Å²) in [6.45, 7) is 9.36. The first-order valence-corrected chi connectivity index (χ1v) is 6.36. The highest BCUT2D eigenvalue weighted by molar-refractivity contribution is 5.01. The van der Waals surface area contributed by atoms with E-state index in [1.807, 2.05) is 0 Å². The molecule has 1 rings (SSSR count). The highest BCUT2D eigenvalue weighted by Crippen LogP contribution is 2.18. The number of nitrogens with one attached hydrogen (secondary N) is 1. The summed E-state index contributed by atoms with van der Waals surface area (Å²) in [7, 11) is 3.47. The largest absolute Gasteiger partial charge is 0.383 e. The normalized spacial score (nSPS) is 15.5. The van der Waals surface area contributed by atoms with Gasteiger partial charge in [0, 0.05) is 46.4 Å². The standard InChI is InChI=1S/C13H26N2O2/c1-12(10-14-13-4-5-13)11-15(6-8-16-2)7-9-17-3/h13-14H,1,4-11H2,2-3H3. The number of ether oxygens (including phenoxy) is 2. The van der Waals surface area contributed by atoms with Crippen LogP contribution in [-0.2, 0) is 9.47 Å². The van der Waals surface area contributed by atoms with Crippen LogP contribution in [0.4, 0.5) is 0 Å². The fraction of sp³-hybridized carbons (Fsp3) is 0.846. The monoisotopic (exact) mass is 242 g/mol. The van der Waals surface area contributed by atoms with Crippen LogP contribution in [0, 0.1) is 0 Å². The van der Waals surface area contributed by atoms with Gasteiger partial charge in [-0.25, -0.2) is 0 Å². The summed E-state index contributed by atoms with van der Waals surface area (Å²) >= 11 is 0. The zero-order valence-corrected chi connectivity index (χ0v) is 11.2. The van der Waals surface area contributed by atoms with E-state index in [0.717, 1.165) is 45.4 Å². The first-order chi connectivity index (χ1) is 8.26. The predicted molar refractivity (Wildman–Crippen MR) is 70.4 cm³/mol. The summed E-state index contributed by atoms with van der Waals surface area (Å²) < 4.78 is 10.2. The van der Waals surface area contributed by atoms with Gasteiger partial charge in [0.25, 0.3) is 0 Å². The third-order valence-corrected chi connectivity index (χ3v) is 2.89. The molecule has 0 amide bonds. The van der Waals surface area contributed by atoms with Crippen LogP contribution in [0.3, 0.4) is 0 Å². The summed E-state index contributed by atoms with van der Waals surface area (Å²) in [6.07, 6.45) is 2.65. The van der Waals surface area contributed by atoms with Crippen molar-refractivity contribution in [3.8, 4) is 0 Å². The second-order valence-corrected chi connectivity index (χ2v) is 4.67. The fourth-order valence-corrected chi connectivity index (χ4v) is 1.66. The lowest BCUT2D eigenvalue weighted by Gasteiger charge is -2.22. The number of methoxy groups -OCH3 is 2. The van der Waals surface area contributed by atoms with Crippen LogP contribution >= 0.6 is 0 Å². The van der Waals surface area contributed by atoms with Gasteiger partial charge in [0.05, 0.1) is 13.2 Å². The molecule has 1 saturated carbocycles. The van der Waals surface area contributed by atoms with Crippen molar-refractivity contribution in [3.05, 3.63) is 12.2 Å². The second kappa shape index (κ2) is 8.64. The van der Waals surface area contributed by atoms with Crippen molar-refractivity contribution in [3.63, 3.8) is 0 Å². The maximum absolute atomic E-state index is 5.11. The molecule has 0 aromatic heterocycles. The Labute approximate surface area is 105 Å². The molecule has 4 heteroatoms. The molecule has 0 aliphatic heterocycles. The lowest BCUT2D eigenvalue weighted by atomic mass is 10.2. The van der Waals surface area contributed by atoms with Gasteiger partial charge in [-0.1, -0.05) is 6.58 Å². The van der Waals surface area contributed by atoms with Gasteiger partial charge >= 0.3 is 0 Å². The Hall–Kier alpha value is -0.420. The number of rotatable bonds is 11. The summed E-state index contributed by atoms with van der Waals surface area (Å²) in [5.74, 6) is 0. The third kappa shape index (κ3) is 7.49. The van der Waals surface area contributed by atoms with E-state index >= 15 is 0 Å². The molecule has 0 saturated heterocycles. The van der Waals surface area contributed by atoms with Gasteiger partial charge < -0.3 is 14.8 Å². The molecule has 17 heavy (non-hydrogen) atoms. The summed E-state index contributed by atoms with van der Waals surface area (Å²) in [6, 6.07) is 0.748. The minimum Gasteiger partial charge on any atom is -0.383 e. The Morgan fingerprint density at radius 2 is 1.82 bits per heavy atom. The van der Waals surface area contributed by atoms with E-state index in [1.165, 1.54) is 18.4 Å². The van der Waals surface area contributed by atoms with E-state index in [2.05, 4.69) is 16.8 Å². The number of hydrogen-bond acceptors (Lipinski definition) is 4. The SMILES string of the molecule is C=C(CNC1CC1)CN(CCOC)CCOC. The van der Waals surface area contributed by atoms with Crippen LogP contribution in [0.15, 0.2) is 12.2 Å². The van der Waals surface area contributed by atoms with Crippen LogP contribution < -0.4 is 5.32 Å². The van der Waals surface area contributed by atoms with Gasteiger partial charge in [0.1, 0.15) is 0 Å². The number of nitrogens with zero attached hydrogens (tertiary/aromatic N) is 1. The van der Waals surface area contributed by atoms with E-state index in [4.69, 9.17) is 9.47 Å². The van der Waals surface area contributed by atoms with Crippen molar-refractivity contribution < 1.29 is 9.47 Å². The molecule has 1 N–H and O–H groups in total. The molecule has 1 aliphatic carbocycles. The second-order valence-electron chi connectivity index (χ2n) is 4.67. The molecule has 0 spiro atoms. The van der Waals surface area contributed by atoms with Crippen molar-refractivity contribution in [2.45, 2.75) is 18.9 Å². The van der Waals surface area contributed by atoms with Crippen LogP contribution in [-0.4, -0.2) is 64.6 Å². The molecule has 100 valence electrons. The Balaban J connectivity index is 2.16. The van der Waals surface area contributed by atoms with Crippen LogP contribution in [0.1, 0.15) is 12.8 Å². The lowest BCUT2D eigenvalue weighted by Crippen LogP contribution is -2.34. The number of hydrogen-bond donors (Lipinski definition) is 1. The molecule has 0 heterocycles. The van der Waals surface area contributed by atoms with Crippen molar-refractivity contribution in [1.82, 2.24) is 10.2 Å².